The number of imidazole rings is 1. The lowest BCUT2D eigenvalue weighted by Gasteiger charge is -2.14. The maximum absolute atomic E-state index is 13.1. The van der Waals surface area contributed by atoms with Crippen LogP contribution in [0, 0.1) is 12.7 Å². The summed E-state index contributed by atoms with van der Waals surface area (Å²) in [5, 5.41) is 3.01. The summed E-state index contributed by atoms with van der Waals surface area (Å²) in [5.41, 5.74) is 9.11. The molecule has 1 amide bonds. The molecule has 7 heteroatoms. The Kier molecular flexibility index (Phi) is 5.18. The monoisotopic (exact) mass is 379 g/mol. The molecule has 1 aliphatic heterocycles. The Morgan fingerprint density at radius 1 is 1.21 bits per heavy atom. The van der Waals surface area contributed by atoms with Crippen molar-refractivity contribution in [3.05, 3.63) is 83.7 Å². The molecule has 0 spiro atoms. The Morgan fingerprint density at radius 3 is 2.75 bits per heavy atom. The van der Waals surface area contributed by atoms with E-state index in [9.17, 15) is 9.18 Å². The molecule has 3 N–H and O–H groups in total. The lowest BCUT2D eigenvalue weighted by molar-refractivity contribution is -0.123. The number of carbonyl (C=O) groups is 1. The third-order valence-electron chi connectivity index (χ3n) is 5.02. The molecule has 1 saturated heterocycles. The number of aromatic nitrogens is 2. The molecular formula is C21H22FN5O. The summed E-state index contributed by atoms with van der Waals surface area (Å²) in [6, 6.07) is 13.9. The highest BCUT2D eigenvalue weighted by Gasteiger charge is 2.30. The van der Waals surface area contributed by atoms with Gasteiger partial charge in [-0.25, -0.2) is 20.2 Å². The average molecular weight is 379 g/mol. The van der Waals surface area contributed by atoms with Gasteiger partial charge in [-0.2, -0.15) is 0 Å². The number of hydrazine groups is 1. The fourth-order valence-corrected chi connectivity index (χ4v) is 3.48. The van der Waals surface area contributed by atoms with Crippen molar-refractivity contribution < 1.29 is 9.18 Å². The molecule has 0 radical (unpaired) electrons. The minimum Gasteiger partial charge on any atom is -0.351 e. The highest BCUT2D eigenvalue weighted by molar-refractivity contribution is 5.82. The second-order valence-corrected chi connectivity index (χ2v) is 6.87. The van der Waals surface area contributed by atoms with Crippen LogP contribution in [0.2, 0.25) is 0 Å². The number of para-hydroxylation sites is 1. The molecule has 3 aromatic rings. The van der Waals surface area contributed by atoms with E-state index >= 15 is 0 Å². The zero-order valence-electron chi connectivity index (χ0n) is 15.5. The van der Waals surface area contributed by atoms with Gasteiger partial charge in [-0.05, 0) is 42.7 Å². The summed E-state index contributed by atoms with van der Waals surface area (Å²) in [6.07, 6.45) is 4.26. The number of carbonyl (C=O) groups excluding carboxylic acids is 1. The summed E-state index contributed by atoms with van der Waals surface area (Å²) < 4.78 is 15.1. The molecule has 1 aliphatic rings. The van der Waals surface area contributed by atoms with Crippen LogP contribution in [0.5, 0.6) is 0 Å². The van der Waals surface area contributed by atoms with E-state index in [-0.39, 0.29) is 23.8 Å². The molecule has 0 saturated carbocycles. The van der Waals surface area contributed by atoms with Crippen LogP contribution in [0.1, 0.15) is 29.4 Å². The molecule has 1 aromatic heterocycles. The van der Waals surface area contributed by atoms with E-state index in [1.54, 1.807) is 18.3 Å². The van der Waals surface area contributed by atoms with Crippen LogP contribution < -0.4 is 16.2 Å². The van der Waals surface area contributed by atoms with Crippen molar-refractivity contribution in [3.63, 3.8) is 0 Å². The van der Waals surface area contributed by atoms with Gasteiger partial charge in [0.1, 0.15) is 17.7 Å². The van der Waals surface area contributed by atoms with Gasteiger partial charge < -0.3 is 9.88 Å². The maximum atomic E-state index is 13.1. The van der Waals surface area contributed by atoms with Crippen LogP contribution in [0.3, 0.4) is 0 Å². The van der Waals surface area contributed by atoms with Gasteiger partial charge in [0, 0.05) is 25.0 Å². The molecule has 0 bridgehead atoms. The summed E-state index contributed by atoms with van der Waals surface area (Å²) >= 11 is 0. The van der Waals surface area contributed by atoms with Crippen molar-refractivity contribution >= 4 is 5.91 Å². The van der Waals surface area contributed by atoms with Crippen LogP contribution in [0.25, 0.3) is 5.69 Å². The number of nitrogens with zero attached hydrogens (tertiary/aromatic N) is 2. The second-order valence-electron chi connectivity index (χ2n) is 6.87. The van der Waals surface area contributed by atoms with Gasteiger partial charge in [-0.15, -0.1) is 0 Å². The Balaban J connectivity index is 1.39. The van der Waals surface area contributed by atoms with E-state index in [1.165, 1.54) is 12.1 Å². The van der Waals surface area contributed by atoms with Crippen LogP contribution >= 0.6 is 0 Å². The number of rotatable bonds is 5. The smallest absolute Gasteiger partial charge is 0.238 e. The Labute approximate surface area is 162 Å². The topological polar surface area (TPSA) is 71.0 Å². The predicted molar refractivity (Wildman–Crippen MR) is 104 cm³/mol. The standard InChI is InChI=1S/C21H22FN5O/c1-14-23-10-11-27(14)20-5-3-2-4-16(20)13-24-21(28)19-12-18(25-26-19)15-6-8-17(22)9-7-15/h2-11,18-19,25-26H,12-13H2,1H3,(H,24,28). The quantitative estimate of drug-likeness (QED) is 0.637. The number of halogens is 1. The highest BCUT2D eigenvalue weighted by Crippen LogP contribution is 2.23. The lowest BCUT2D eigenvalue weighted by Crippen LogP contribution is -2.43. The minimum absolute atomic E-state index is 0.0303. The minimum atomic E-state index is -0.350. The van der Waals surface area contributed by atoms with Gasteiger partial charge in [0.2, 0.25) is 5.91 Å². The second kappa shape index (κ2) is 7.92. The molecular weight excluding hydrogens is 357 g/mol. The van der Waals surface area contributed by atoms with E-state index in [2.05, 4.69) is 21.2 Å². The molecule has 1 fully saturated rings. The number of nitrogens with one attached hydrogen (secondary N) is 3. The molecule has 2 atom stereocenters. The molecule has 2 unspecified atom stereocenters. The van der Waals surface area contributed by atoms with Gasteiger partial charge in [0.05, 0.1) is 5.69 Å². The van der Waals surface area contributed by atoms with Crippen LogP contribution in [-0.2, 0) is 11.3 Å². The number of benzene rings is 2. The summed E-state index contributed by atoms with van der Waals surface area (Å²) in [7, 11) is 0. The zero-order valence-corrected chi connectivity index (χ0v) is 15.5. The Morgan fingerprint density at radius 2 is 2.00 bits per heavy atom. The first kappa shape index (κ1) is 18.3. The average Bonchev–Trinajstić information content (AvgIpc) is 3.36. The molecule has 144 valence electrons. The number of amides is 1. The van der Waals surface area contributed by atoms with Crippen LogP contribution in [0.4, 0.5) is 4.39 Å². The molecule has 4 rings (SSSR count). The SMILES string of the molecule is Cc1nccn1-c1ccccc1CNC(=O)C1CC(c2ccc(F)cc2)NN1. The van der Waals surface area contributed by atoms with Gasteiger partial charge in [-0.3, -0.25) is 4.79 Å². The molecule has 0 aliphatic carbocycles. The van der Waals surface area contributed by atoms with Gasteiger partial charge in [0.25, 0.3) is 0 Å². The number of aryl methyl sites for hydroxylation is 1. The Bertz CT molecular complexity index is 969. The lowest BCUT2D eigenvalue weighted by atomic mass is 10.0. The van der Waals surface area contributed by atoms with Crippen molar-refractivity contribution in [2.75, 3.05) is 0 Å². The van der Waals surface area contributed by atoms with Gasteiger partial charge >= 0.3 is 0 Å². The van der Waals surface area contributed by atoms with Crippen LogP contribution in [-0.4, -0.2) is 21.5 Å². The molecule has 6 nitrogen and oxygen atoms in total. The summed E-state index contributed by atoms with van der Waals surface area (Å²) in [4.78, 5) is 16.9. The van der Waals surface area contributed by atoms with E-state index in [0.717, 1.165) is 22.6 Å². The van der Waals surface area contributed by atoms with E-state index in [4.69, 9.17) is 0 Å². The van der Waals surface area contributed by atoms with E-state index < -0.39 is 0 Å². The van der Waals surface area contributed by atoms with E-state index in [0.29, 0.717) is 13.0 Å². The van der Waals surface area contributed by atoms with Crippen molar-refractivity contribution in [2.24, 2.45) is 0 Å². The number of hydrogen-bond donors (Lipinski definition) is 3. The Hall–Kier alpha value is -3.03. The normalized spacial score (nSPS) is 18.9. The first-order valence-corrected chi connectivity index (χ1v) is 9.24. The van der Waals surface area contributed by atoms with Gasteiger partial charge in [0.15, 0.2) is 0 Å². The largest absolute Gasteiger partial charge is 0.351 e. The summed E-state index contributed by atoms with van der Waals surface area (Å²) in [6.45, 7) is 2.37. The maximum Gasteiger partial charge on any atom is 0.238 e. The molecule has 2 aromatic carbocycles. The van der Waals surface area contributed by atoms with Crippen molar-refractivity contribution in [1.82, 2.24) is 25.7 Å². The van der Waals surface area contributed by atoms with Gasteiger partial charge in [-0.1, -0.05) is 30.3 Å². The number of hydrogen-bond acceptors (Lipinski definition) is 4. The molecule has 28 heavy (non-hydrogen) atoms. The third kappa shape index (κ3) is 3.81. The fourth-order valence-electron chi connectivity index (χ4n) is 3.48. The molecule has 2 heterocycles. The zero-order chi connectivity index (χ0) is 19.5. The fraction of sp³-hybridized carbons (Fsp3) is 0.238. The van der Waals surface area contributed by atoms with Crippen LogP contribution in [0.15, 0.2) is 60.9 Å². The predicted octanol–water partition coefficient (Wildman–Crippen LogP) is 2.54. The third-order valence-corrected chi connectivity index (χ3v) is 5.02. The van der Waals surface area contributed by atoms with Crippen molar-refractivity contribution in [1.29, 1.82) is 0 Å². The van der Waals surface area contributed by atoms with Crippen molar-refractivity contribution in [3.8, 4) is 5.69 Å². The first-order valence-electron chi connectivity index (χ1n) is 9.24. The van der Waals surface area contributed by atoms with E-state index in [1.807, 2.05) is 42.0 Å². The highest BCUT2D eigenvalue weighted by atomic mass is 19.1. The van der Waals surface area contributed by atoms with Crippen molar-refractivity contribution in [2.45, 2.75) is 32.0 Å². The first-order chi connectivity index (χ1) is 13.6. The summed E-state index contributed by atoms with van der Waals surface area (Å²) in [5.74, 6) is 0.549.